The van der Waals surface area contributed by atoms with E-state index in [1.165, 1.54) is 0 Å². The third-order valence-electron chi connectivity index (χ3n) is 4.02. The molecule has 0 unspecified atom stereocenters. The van der Waals surface area contributed by atoms with Crippen LogP contribution in [0.5, 0.6) is 0 Å². The van der Waals surface area contributed by atoms with Crippen LogP contribution in [0.3, 0.4) is 0 Å². The number of amides is 1. The van der Waals surface area contributed by atoms with E-state index in [0.29, 0.717) is 6.54 Å². The first-order valence-electron chi connectivity index (χ1n) is 8.38. The van der Waals surface area contributed by atoms with E-state index in [2.05, 4.69) is 17.1 Å². The lowest BCUT2D eigenvalue weighted by Gasteiger charge is -2.28. The molecular weight excluding hydrogens is 338 g/mol. The molecule has 1 amide bonds. The summed E-state index contributed by atoms with van der Waals surface area (Å²) >= 11 is 3.81. The van der Waals surface area contributed by atoms with Crippen LogP contribution in [0, 0.1) is 0 Å². The molecule has 1 saturated heterocycles. The van der Waals surface area contributed by atoms with Crippen molar-refractivity contribution < 1.29 is 4.79 Å². The maximum Gasteiger partial charge on any atom is 0.252 e. The lowest BCUT2D eigenvalue weighted by Crippen LogP contribution is -2.33. The summed E-state index contributed by atoms with van der Waals surface area (Å²) in [6.45, 7) is 4.81. The standard InChI is InChI=1S/C18H23N3OS2/c1-2-23-10-7-19-18(22)15-13-17(21-8-11-24-12-9-21)20-16-6-4-3-5-14(15)16/h3-6,13H,2,7-12H2,1H3,(H,19,22). The van der Waals surface area contributed by atoms with Crippen LogP contribution in [0.4, 0.5) is 5.82 Å². The Morgan fingerprint density at radius 1 is 1.33 bits per heavy atom. The second kappa shape index (κ2) is 8.62. The highest BCUT2D eigenvalue weighted by Crippen LogP contribution is 2.25. The Kier molecular flexibility index (Phi) is 6.26. The number of nitrogens with one attached hydrogen (secondary N) is 1. The Morgan fingerprint density at radius 2 is 2.12 bits per heavy atom. The zero-order chi connectivity index (χ0) is 16.8. The third-order valence-corrected chi connectivity index (χ3v) is 5.86. The number of carbonyl (C=O) groups is 1. The maximum atomic E-state index is 12.7. The molecule has 0 bridgehead atoms. The predicted molar refractivity (Wildman–Crippen MR) is 107 cm³/mol. The van der Waals surface area contributed by atoms with Crippen LogP contribution in [-0.4, -0.2) is 53.5 Å². The van der Waals surface area contributed by atoms with Gasteiger partial charge < -0.3 is 10.2 Å². The highest BCUT2D eigenvalue weighted by Gasteiger charge is 2.17. The molecule has 1 fully saturated rings. The average molecular weight is 362 g/mol. The van der Waals surface area contributed by atoms with Gasteiger partial charge in [0, 0.05) is 42.3 Å². The summed E-state index contributed by atoms with van der Waals surface area (Å²) in [4.78, 5) is 19.8. The molecule has 1 N–H and O–H groups in total. The first-order chi connectivity index (χ1) is 11.8. The van der Waals surface area contributed by atoms with Gasteiger partial charge in [-0.3, -0.25) is 4.79 Å². The second-order valence-corrected chi connectivity index (χ2v) is 8.22. The number of anilines is 1. The van der Waals surface area contributed by atoms with Crippen LogP contribution < -0.4 is 10.2 Å². The molecule has 2 aromatic rings. The zero-order valence-electron chi connectivity index (χ0n) is 14.0. The molecule has 0 aliphatic carbocycles. The van der Waals surface area contributed by atoms with Crippen LogP contribution in [0.1, 0.15) is 17.3 Å². The van der Waals surface area contributed by atoms with Gasteiger partial charge in [0.1, 0.15) is 5.82 Å². The number of rotatable bonds is 6. The lowest BCUT2D eigenvalue weighted by atomic mass is 10.1. The number of hydrogen-bond acceptors (Lipinski definition) is 5. The van der Waals surface area contributed by atoms with Gasteiger partial charge in [-0.15, -0.1) is 0 Å². The smallest absolute Gasteiger partial charge is 0.252 e. The molecule has 4 nitrogen and oxygen atoms in total. The van der Waals surface area contributed by atoms with Gasteiger partial charge in [0.2, 0.25) is 0 Å². The van der Waals surface area contributed by atoms with Gasteiger partial charge in [0.15, 0.2) is 0 Å². The van der Waals surface area contributed by atoms with E-state index in [4.69, 9.17) is 4.98 Å². The first kappa shape index (κ1) is 17.4. The van der Waals surface area contributed by atoms with Crippen molar-refractivity contribution in [2.75, 3.05) is 47.5 Å². The molecule has 0 radical (unpaired) electrons. The normalized spacial score (nSPS) is 14.8. The molecule has 6 heteroatoms. The molecule has 128 valence electrons. The summed E-state index contributed by atoms with van der Waals surface area (Å²) in [5, 5.41) is 3.97. The Morgan fingerprint density at radius 3 is 2.92 bits per heavy atom. The summed E-state index contributed by atoms with van der Waals surface area (Å²) in [5.41, 5.74) is 1.62. The fraction of sp³-hybridized carbons (Fsp3) is 0.444. The van der Waals surface area contributed by atoms with Crippen LogP contribution in [0.2, 0.25) is 0 Å². The molecule has 24 heavy (non-hydrogen) atoms. The fourth-order valence-corrected chi connectivity index (χ4v) is 4.22. The van der Waals surface area contributed by atoms with E-state index in [9.17, 15) is 4.79 Å². The van der Waals surface area contributed by atoms with Crippen molar-refractivity contribution in [3.05, 3.63) is 35.9 Å². The molecule has 1 aliphatic rings. The largest absolute Gasteiger partial charge is 0.355 e. The number of para-hydroxylation sites is 1. The number of pyridine rings is 1. The van der Waals surface area contributed by atoms with Gasteiger partial charge in [0.05, 0.1) is 11.1 Å². The number of nitrogens with zero attached hydrogens (tertiary/aromatic N) is 2. The molecule has 1 aliphatic heterocycles. The average Bonchev–Trinajstić information content (AvgIpc) is 2.65. The molecule has 2 heterocycles. The van der Waals surface area contributed by atoms with Crippen molar-refractivity contribution in [1.82, 2.24) is 10.3 Å². The van der Waals surface area contributed by atoms with Gasteiger partial charge in [-0.2, -0.15) is 23.5 Å². The van der Waals surface area contributed by atoms with E-state index in [1.807, 2.05) is 53.9 Å². The lowest BCUT2D eigenvalue weighted by molar-refractivity contribution is 0.0958. The highest BCUT2D eigenvalue weighted by atomic mass is 32.2. The SMILES string of the molecule is CCSCCNC(=O)c1cc(N2CCSCC2)nc2ccccc12. The van der Waals surface area contributed by atoms with E-state index < -0.39 is 0 Å². The Balaban J connectivity index is 1.87. The van der Waals surface area contributed by atoms with E-state index in [0.717, 1.165) is 58.4 Å². The van der Waals surface area contributed by atoms with Crippen molar-refractivity contribution >= 4 is 46.2 Å². The Hall–Kier alpha value is -1.40. The number of thioether (sulfide) groups is 2. The number of benzene rings is 1. The number of fused-ring (bicyclic) bond motifs is 1. The van der Waals surface area contributed by atoms with Gasteiger partial charge >= 0.3 is 0 Å². The highest BCUT2D eigenvalue weighted by molar-refractivity contribution is 7.99. The number of carbonyl (C=O) groups excluding carboxylic acids is 1. The third kappa shape index (κ3) is 4.16. The quantitative estimate of drug-likeness (QED) is 0.800. The summed E-state index contributed by atoms with van der Waals surface area (Å²) in [6.07, 6.45) is 0. The molecule has 0 atom stereocenters. The molecule has 0 spiro atoms. The van der Waals surface area contributed by atoms with Gasteiger partial charge in [-0.25, -0.2) is 4.98 Å². The topological polar surface area (TPSA) is 45.2 Å². The van der Waals surface area contributed by atoms with Crippen molar-refractivity contribution in [3.8, 4) is 0 Å². The zero-order valence-corrected chi connectivity index (χ0v) is 15.6. The van der Waals surface area contributed by atoms with Crippen molar-refractivity contribution in [2.45, 2.75) is 6.92 Å². The Bertz CT molecular complexity index is 702. The van der Waals surface area contributed by atoms with E-state index in [1.54, 1.807) is 0 Å². The van der Waals surface area contributed by atoms with Crippen molar-refractivity contribution in [3.63, 3.8) is 0 Å². The summed E-state index contributed by atoms with van der Waals surface area (Å²) in [5.74, 6) is 5.17. The van der Waals surface area contributed by atoms with E-state index in [-0.39, 0.29) is 5.91 Å². The molecule has 1 aromatic carbocycles. The molecule has 0 saturated carbocycles. The molecule has 3 rings (SSSR count). The van der Waals surface area contributed by atoms with Gasteiger partial charge in [-0.05, 0) is 17.9 Å². The summed E-state index contributed by atoms with van der Waals surface area (Å²) < 4.78 is 0. The monoisotopic (exact) mass is 361 g/mol. The minimum absolute atomic E-state index is 0.00191. The van der Waals surface area contributed by atoms with Crippen LogP contribution >= 0.6 is 23.5 Å². The minimum Gasteiger partial charge on any atom is -0.355 e. The van der Waals surface area contributed by atoms with Gasteiger partial charge in [0.25, 0.3) is 5.91 Å². The van der Waals surface area contributed by atoms with Crippen molar-refractivity contribution in [1.29, 1.82) is 0 Å². The maximum absolute atomic E-state index is 12.7. The van der Waals surface area contributed by atoms with Gasteiger partial charge in [-0.1, -0.05) is 25.1 Å². The van der Waals surface area contributed by atoms with E-state index >= 15 is 0 Å². The minimum atomic E-state index is -0.00191. The predicted octanol–water partition coefficient (Wildman–Crippen LogP) is 3.27. The first-order valence-corrected chi connectivity index (χ1v) is 10.7. The van der Waals surface area contributed by atoms with Crippen LogP contribution in [-0.2, 0) is 0 Å². The van der Waals surface area contributed by atoms with Crippen LogP contribution in [0.25, 0.3) is 10.9 Å². The summed E-state index contributed by atoms with van der Waals surface area (Å²) in [6, 6.07) is 9.87. The van der Waals surface area contributed by atoms with Crippen molar-refractivity contribution in [2.24, 2.45) is 0 Å². The van der Waals surface area contributed by atoms with Crippen LogP contribution in [0.15, 0.2) is 30.3 Å². The molecular formula is C18H23N3OS2. The second-order valence-electron chi connectivity index (χ2n) is 5.60. The molecule has 1 aromatic heterocycles. The Labute approximate surface area is 151 Å². The number of aromatic nitrogens is 1. The summed E-state index contributed by atoms with van der Waals surface area (Å²) in [7, 11) is 0. The fourth-order valence-electron chi connectivity index (χ4n) is 2.78. The number of hydrogen-bond donors (Lipinski definition) is 1.